The van der Waals surface area contributed by atoms with E-state index < -0.39 is 27.7 Å². The first-order valence-corrected chi connectivity index (χ1v) is 10.3. The molecule has 1 aliphatic heterocycles. The van der Waals surface area contributed by atoms with E-state index in [1.807, 2.05) is 6.92 Å². The number of hydrogen-bond acceptors (Lipinski definition) is 5. The lowest BCUT2D eigenvalue weighted by atomic mass is 10.1. The zero-order valence-electron chi connectivity index (χ0n) is 14.8. The van der Waals surface area contributed by atoms with Gasteiger partial charge in [-0.1, -0.05) is 17.7 Å². The first kappa shape index (κ1) is 18.9. The van der Waals surface area contributed by atoms with Crippen LogP contribution in [0.4, 0.5) is 0 Å². The highest BCUT2D eigenvalue weighted by molar-refractivity contribution is 7.91. The van der Waals surface area contributed by atoms with Crippen molar-refractivity contribution in [2.24, 2.45) is 0 Å². The molecule has 1 saturated heterocycles. The highest BCUT2D eigenvalue weighted by atomic mass is 32.2. The van der Waals surface area contributed by atoms with Crippen molar-refractivity contribution in [3.05, 3.63) is 65.2 Å². The molecule has 0 aliphatic carbocycles. The molecule has 1 aromatic carbocycles. The van der Waals surface area contributed by atoms with Crippen molar-refractivity contribution in [3.8, 4) is 0 Å². The molecule has 0 saturated carbocycles. The van der Waals surface area contributed by atoms with Crippen LogP contribution in [-0.2, 0) is 14.6 Å². The quantitative estimate of drug-likeness (QED) is 0.758. The van der Waals surface area contributed by atoms with Crippen molar-refractivity contribution in [1.29, 1.82) is 0 Å². The third kappa shape index (κ3) is 5.07. The Morgan fingerprint density at radius 3 is 2.52 bits per heavy atom. The fourth-order valence-corrected chi connectivity index (χ4v) is 4.42. The predicted octanol–water partition coefficient (Wildman–Crippen LogP) is 1.66. The number of aryl methyl sites for hydroxylation is 1. The number of benzene rings is 1. The first-order chi connectivity index (χ1) is 12.8. The van der Waals surface area contributed by atoms with Gasteiger partial charge in [0.2, 0.25) is 0 Å². The maximum Gasteiger partial charge on any atom is 0.268 e. The van der Waals surface area contributed by atoms with E-state index in [1.54, 1.807) is 36.4 Å². The van der Waals surface area contributed by atoms with Gasteiger partial charge in [-0.25, -0.2) is 8.42 Å². The van der Waals surface area contributed by atoms with Crippen LogP contribution in [0.3, 0.4) is 0 Å². The van der Waals surface area contributed by atoms with E-state index in [9.17, 15) is 18.0 Å². The van der Waals surface area contributed by atoms with Gasteiger partial charge >= 0.3 is 0 Å². The summed E-state index contributed by atoms with van der Waals surface area (Å²) in [5, 5.41) is 5.26. The Morgan fingerprint density at radius 2 is 1.93 bits per heavy atom. The fourth-order valence-electron chi connectivity index (χ4n) is 2.75. The second-order valence-electron chi connectivity index (χ2n) is 6.47. The van der Waals surface area contributed by atoms with E-state index in [1.165, 1.54) is 12.3 Å². The number of rotatable bonds is 5. The summed E-state index contributed by atoms with van der Waals surface area (Å²) in [6.45, 7) is 1.91. The third-order valence-corrected chi connectivity index (χ3v) is 5.97. The number of carbonyl (C=O) groups excluding carboxylic acids is 2. The average molecular weight is 388 g/mol. The Bertz CT molecular complexity index is 960. The number of sulfone groups is 1. The van der Waals surface area contributed by atoms with Gasteiger partial charge in [0.05, 0.1) is 17.8 Å². The van der Waals surface area contributed by atoms with Crippen molar-refractivity contribution in [1.82, 2.24) is 10.6 Å². The van der Waals surface area contributed by atoms with Gasteiger partial charge in [-0.3, -0.25) is 9.59 Å². The van der Waals surface area contributed by atoms with E-state index in [-0.39, 0.29) is 17.2 Å². The lowest BCUT2D eigenvalue weighted by Gasteiger charge is -2.14. The van der Waals surface area contributed by atoms with Crippen LogP contribution in [0.15, 0.2) is 52.8 Å². The van der Waals surface area contributed by atoms with Crippen molar-refractivity contribution < 1.29 is 22.4 Å². The Balaban J connectivity index is 1.77. The summed E-state index contributed by atoms with van der Waals surface area (Å²) in [7, 11) is -3.13. The van der Waals surface area contributed by atoms with Crippen molar-refractivity contribution in [2.75, 3.05) is 11.5 Å². The molecule has 2 N–H and O–H groups in total. The molecule has 1 unspecified atom stereocenters. The smallest absolute Gasteiger partial charge is 0.268 e. The number of furan rings is 1. The van der Waals surface area contributed by atoms with E-state index in [0.717, 1.165) is 5.56 Å². The summed E-state index contributed by atoms with van der Waals surface area (Å²) in [5.41, 5.74) is 1.40. The van der Waals surface area contributed by atoms with Gasteiger partial charge in [0.25, 0.3) is 11.8 Å². The normalized spacial score (nSPS) is 18.9. The summed E-state index contributed by atoms with van der Waals surface area (Å²) < 4.78 is 28.4. The first-order valence-electron chi connectivity index (χ1n) is 8.47. The Morgan fingerprint density at radius 1 is 1.19 bits per heavy atom. The second-order valence-corrected chi connectivity index (χ2v) is 8.70. The molecular formula is C19H20N2O5S. The summed E-state index contributed by atoms with van der Waals surface area (Å²) in [5.74, 6) is -0.664. The molecule has 142 valence electrons. The Hall–Kier alpha value is -2.87. The van der Waals surface area contributed by atoms with E-state index >= 15 is 0 Å². The maximum absolute atomic E-state index is 12.6. The molecule has 3 rings (SSSR count). The standard InChI is InChI=1S/C19H20N2O5S/c1-13-4-6-14(7-5-13)18(22)21-17(11-16-3-2-9-26-16)19(23)20-15-8-10-27(24,25)12-15/h2-7,9,11,15H,8,10,12H2,1H3,(H,20,23)(H,21,22)/b17-11-. The molecule has 2 aromatic rings. The molecule has 2 heterocycles. The lowest BCUT2D eigenvalue weighted by Crippen LogP contribution is -2.41. The molecule has 1 fully saturated rings. The monoisotopic (exact) mass is 388 g/mol. The van der Waals surface area contributed by atoms with Gasteiger partial charge in [-0.15, -0.1) is 0 Å². The number of nitrogens with one attached hydrogen (secondary N) is 2. The summed E-state index contributed by atoms with van der Waals surface area (Å²) >= 11 is 0. The Kier molecular flexibility index (Phi) is 5.46. The molecular weight excluding hydrogens is 368 g/mol. The largest absolute Gasteiger partial charge is 0.465 e. The van der Waals surface area contributed by atoms with Crippen LogP contribution >= 0.6 is 0 Å². The second kappa shape index (κ2) is 7.79. The highest BCUT2D eigenvalue weighted by Gasteiger charge is 2.30. The predicted molar refractivity (Wildman–Crippen MR) is 101 cm³/mol. The van der Waals surface area contributed by atoms with Gasteiger partial charge < -0.3 is 15.1 Å². The molecule has 8 heteroatoms. The molecule has 1 aromatic heterocycles. The number of amides is 2. The van der Waals surface area contributed by atoms with Gasteiger partial charge in [0, 0.05) is 17.7 Å². The lowest BCUT2D eigenvalue weighted by molar-refractivity contribution is -0.118. The maximum atomic E-state index is 12.6. The van der Waals surface area contributed by atoms with Crippen LogP contribution < -0.4 is 10.6 Å². The topological polar surface area (TPSA) is 105 Å². The minimum absolute atomic E-state index is 0.0141. The summed E-state index contributed by atoms with van der Waals surface area (Å²) in [4.78, 5) is 25.1. The number of hydrogen-bond donors (Lipinski definition) is 2. The molecule has 0 bridgehead atoms. The minimum atomic E-state index is -3.13. The highest BCUT2D eigenvalue weighted by Crippen LogP contribution is 2.13. The average Bonchev–Trinajstić information content (AvgIpc) is 3.24. The van der Waals surface area contributed by atoms with E-state index in [4.69, 9.17) is 4.42 Å². The summed E-state index contributed by atoms with van der Waals surface area (Å²) in [6, 6.07) is 9.76. The van der Waals surface area contributed by atoms with Gasteiger partial charge in [-0.05, 0) is 37.6 Å². The van der Waals surface area contributed by atoms with Crippen LogP contribution in [0.25, 0.3) is 6.08 Å². The summed E-state index contributed by atoms with van der Waals surface area (Å²) in [6.07, 6.45) is 3.21. The van der Waals surface area contributed by atoms with Gasteiger partial charge in [0.1, 0.15) is 11.5 Å². The third-order valence-electron chi connectivity index (χ3n) is 4.20. The molecule has 27 heavy (non-hydrogen) atoms. The molecule has 1 atom stereocenters. The van der Waals surface area contributed by atoms with Crippen LogP contribution in [0.1, 0.15) is 28.1 Å². The zero-order chi connectivity index (χ0) is 19.4. The molecule has 0 radical (unpaired) electrons. The molecule has 1 aliphatic rings. The van der Waals surface area contributed by atoms with E-state index in [0.29, 0.717) is 17.7 Å². The number of carbonyl (C=O) groups is 2. The van der Waals surface area contributed by atoms with Crippen LogP contribution in [0.5, 0.6) is 0 Å². The Labute approximate surface area is 157 Å². The van der Waals surface area contributed by atoms with Crippen LogP contribution in [0, 0.1) is 6.92 Å². The van der Waals surface area contributed by atoms with Crippen molar-refractivity contribution in [3.63, 3.8) is 0 Å². The molecule has 7 nitrogen and oxygen atoms in total. The van der Waals surface area contributed by atoms with Crippen molar-refractivity contribution in [2.45, 2.75) is 19.4 Å². The SMILES string of the molecule is Cc1ccc(C(=O)N/C(=C\c2ccco2)C(=O)NC2CCS(=O)(=O)C2)cc1. The van der Waals surface area contributed by atoms with Gasteiger partial charge in [0.15, 0.2) is 9.84 Å². The van der Waals surface area contributed by atoms with Crippen molar-refractivity contribution >= 4 is 27.7 Å². The van der Waals surface area contributed by atoms with E-state index in [2.05, 4.69) is 10.6 Å². The molecule has 0 spiro atoms. The molecule has 2 amide bonds. The fraction of sp³-hybridized carbons (Fsp3) is 0.263. The van der Waals surface area contributed by atoms with Crippen LogP contribution in [-0.4, -0.2) is 37.8 Å². The van der Waals surface area contributed by atoms with Gasteiger partial charge in [-0.2, -0.15) is 0 Å². The van der Waals surface area contributed by atoms with Crippen LogP contribution in [0.2, 0.25) is 0 Å². The minimum Gasteiger partial charge on any atom is -0.465 e. The zero-order valence-corrected chi connectivity index (χ0v) is 15.6.